The number of ketones is 2. The molecule has 1 fully saturated rings. The number of aliphatic hydroxyl groups excluding tert-OH is 4. The Kier molecular flexibility index (Phi) is 6.82. The number of carbonyl (C=O) groups is 2. The second-order valence-electron chi connectivity index (χ2n) is 8.31. The molecule has 36 heavy (non-hydrogen) atoms. The van der Waals surface area contributed by atoms with Crippen LogP contribution in [0.4, 0.5) is 0 Å². The molecule has 0 aromatic heterocycles. The zero-order chi connectivity index (χ0) is 26.5. The van der Waals surface area contributed by atoms with Crippen LogP contribution in [0.3, 0.4) is 0 Å². The third-order valence-electron chi connectivity index (χ3n) is 6.37. The molecule has 12 heteroatoms. The molecule has 194 valence electrons. The standard InChI is InChI=1S/C24H26O12/c1-8-11(35-24-21(31)20(30)18(28)13(7-25)36-24)5-9-14(16(8)26)19(29)15-10(17(9)27)6-12(32-2)22(33-3)23(15)34-4/h5-6,13,18,20-21,24-26,28,30-31H,7H2,1-4H3/t13-,18+,20-,21-,24+/m0/s1. The number of phenolic OH excluding ortho intramolecular Hbond substituents is 1. The SMILES string of the molecule is COc1cc2c(c(OC)c1OC)C(=O)c1c(cc(O[C@@H]3O[C@@H](CO)[C@@H](O)[C@H](O)[C@@H]3O)c(C)c1O)C2=O. The number of methoxy groups -OCH3 is 3. The summed E-state index contributed by atoms with van der Waals surface area (Å²) in [4.78, 5) is 27.0. The van der Waals surface area contributed by atoms with Gasteiger partial charge in [-0.05, 0) is 19.1 Å². The van der Waals surface area contributed by atoms with E-state index in [0.717, 1.165) is 0 Å². The molecule has 5 atom stereocenters. The topological polar surface area (TPSA) is 181 Å². The molecule has 1 saturated heterocycles. The number of fused-ring (bicyclic) bond motifs is 2. The maximum absolute atomic E-state index is 13.5. The van der Waals surface area contributed by atoms with Crippen molar-refractivity contribution in [3.05, 3.63) is 39.9 Å². The zero-order valence-corrected chi connectivity index (χ0v) is 19.8. The van der Waals surface area contributed by atoms with Gasteiger partial charge >= 0.3 is 0 Å². The first-order chi connectivity index (χ1) is 17.1. The molecule has 1 heterocycles. The van der Waals surface area contributed by atoms with Crippen LogP contribution in [-0.2, 0) is 4.74 Å². The van der Waals surface area contributed by atoms with Crippen molar-refractivity contribution in [2.75, 3.05) is 27.9 Å². The lowest BCUT2D eigenvalue weighted by Gasteiger charge is -2.39. The van der Waals surface area contributed by atoms with Crippen LogP contribution in [-0.4, -0.2) is 95.7 Å². The van der Waals surface area contributed by atoms with E-state index in [2.05, 4.69) is 0 Å². The van der Waals surface area contributed by atoms with E-state index in [-0.39, 0.29) is 50.8 Å². The number of aromatic hydroxyl groups is 1. The van der Waals surface area contributed by atoms with Crippen molar-refractivity contribution in [2.24, 2.45) is 0 Å². The van der Waals surface area contributed by atoms with Gasteiger partial charge in [-0.25, -0.2) is 0 Å². The van der Waals surface area contributed by atoms with Gasteiger partial charge in [0.1, 0.15) is 35.9 Å². The second kappa shape index (κ2) is 9.56. The van der Waals surface area contributed by atoms with Gasteiger partial charge < -0.3 is 49.2 Å². The van der Waals surface area contributed by atoms with Crippen molar-refractivity contribution in [2.45, 2.75) is 37.6 Å². The summed E-state index contributed by atoms with van der Waals surface area (Å²) in [7, 11) is 4.00. The molecule has 5 N–H and O–H groups in total. The first kappa shape index (κ1) is 25.7. The second-order valence-corrected chi connectivity index (χ2v) is 8.31. The Labute approximate surface area is 205 Å². The third kappa shape index (κ3) is 3.74. The van der Waals surface area contributed by atoms with Gasteiger partial charge in [0.05, 0.1) is 39.1 Å². The number of aliphatic hydroxyl groups is 4. The average molecular weight is 506 g/mol. The lowest BCUT2D eigenvalue weighted by Crippen LogP contribution is -2.60. The Bertz CT molecular complexity index is 1220. The van der Waals surface area contributed by atoms with Gasteiger partial charge in [-0.15, -0.1) is 0 Å². The van der Waals surface area contributed by atoms with E-state index in [1.54, 1.807) is 0 Å². The molecule has 1 aliphatic carbocycles. The van der Waals surface area contributed by atoms with E-state index in [1.165, 1.54) is 40.4 Å². The first-order valence-electron chi connectivity index (χ1n) is 10.9. The van der Waals surface area contributed by atoms with Crippen LogP contribution in [0.5, 0.6) is 28.7 Å². The van der Waals surface area contributed by atoms with Crippen LogP contribution >= 0.6 is 0 Å². The minimum absolute atomic E-state index is 0.0328. The highest BCUT2D eigenvalue weighted by atomic mass is 16.7. The van der Waals surface area contributed by atoms with Gasteiger partial charge in [0.25, 0.3) is 0 Å². The predicted octanol–water partition coefficient (Wildman–Crippen LogP) is -0.319. The molecule has 4 rings (SSSR count). The number of benzene rings is 2. The molecule has 0 radical (unpaired) electrons. The van der Waals surface area contributed by atoms with Crippen molar-refractivity contribution >= 4 is 11.6 Å². The van der Waals surface area contributed by atoms with Crippen molar-refractivity contribution in [1.29, 1.82) is 0 Å². The summed E-state index contributed by atoms with van der Waals surface area (Å²) in [6.45, 7) is 0.740. The van der Waals surface area contributed by atoms with Crippen LogP contribution in [0.25, 0.3) is 0 Å². The normalized spacial score (nSPS) is 25.2. The van der Waals surface area contributed by atoms with Crippen LogP contribution in [0.1, 0.15) is 37.4 Å². The van der Waals surface area contributed by atoms with Gasteiger partial charge in [-0.2, -0.15) is 0 Å². The van der Waals surface area contributed by atoms with Gasteiger partial charge in [0.15, 0.2) is 17.3 Å². The molecule has 0 amide bonds. The highest BCUT2D eigenvalue weighted by Gasteiger charge is 2.45. The molecular weight excluding hydrogens is 480 g/mol. The predicted molar refractivity (Wildman–Crippen MR) is 120 cm³/mol. The monoisotopic (exact) mass is 506 g/mol. The van der Waals surface area contributed by atoms with Crippen LogP contribution < -0.4 is 18.9 Å². The van der Waals surface area contributed by atoms with E-state index in [4.69, 9.17) is 23.7 Å². The highest BCUT2D eigenvalue weighted by Crippen LogP contribution is 2.48. The van der Waals surface area contributed by atoms with Crippen LogP contribution in [0, 0.1) is 6.92 Å². The molecule has 0 unspecified atom stereocenters. The summed E-state index contributed by atoms with van der Waals surface area (Å²) in [6.07, 6.45) is -7.81. The molecule has 1 aliphatic heterocycles. The van der Waals surface area contributed by atoms with Crippen molar-refractivity contribution in [3.8, 4) is 28.7 Å². The zero-order valence-electron chi connectivity index (χ0n) is 19.8. The van der Waals surface area contributed by atoms with Crippen LogP contribution in [0.2, 0.25) is 0 Å². The lowest BCUT2D eigenvalue weighted by molar-refractivity contribution is -0.277. The van der Waals surface area contributed by atoms with E-state index in [9.17, 15) is 35.1 Å². The van der Waals surface area contributed by atoms with E-state index in [0.29, 0.717) is 0 Å². The fourth-order valence-electron chi connectivity index (χ4n) is 4.40. The summed E-state index contributed by atoms with van der Waals surface area (Å²) in [5, 5.41) is 50.7. The summed E-state index contributed by atoms with van der Waals surface area (Å²) >= 11 is 0. The molecule has 0 bridgehead atoms. The van der Waals surface area contributed by atoms with Crippen molar-refractivity contribution in [1.82, 2.24) is 0 Å². The summed E-state index contributed by atoms with van der Waals surface area (Å²) in [5.74, 6) is -1.81. The number of rotatable bonds is 6. The van der Waals surface area contributed by atoms with E-state index >= 15 is 0 Å². The summed E-state index contributed by atoms with van der Waals surface area (Å²) in [6, 6.07) is 2.53. The third-order valence-corrected chi connectivity index (χ3v) is 6.37. The largest absolute Gasteiger partial charge is 0.507 e. The highest BCUT2D eigenvalue weighted by molar-refractivity contribution is 6.31. The van der Waals surface area contributed by atoms with Crippen molar-refractivity contribution in [3.63, 3.8) is 0 Å². The maximum atomic E-state index is 13.5. The molecule has 2 aromatic rings. The first-order valence-corrected chi connectivity index (χ1v) is 10.9. The van der Waals surface area contributed by atoms with Crippen LogP contribution in [0.15, 0.2) is 12.1 Å². The van der Waals surface area contributed by atoms with Crippen molar-refractivity contribution < 1.29 is 58.8 Å². The number of ether oxygens (including phenoxy) is 5. The maximum Gasteiger partial charge on any atom is 0.229 e. The Hall–Kier alpha value is -3.42. The van der Waals surface area contributed by atoms with E-state index < -0.39 is 54.6 Å². The summed E-state index contributed by atoms with van der Waals surface area (Å²) < 4.78 is 27.0. The average Bonchev–Trinajstić information content (AvgIpc) is 2.88. The number of carbonyl (C=O) groups excluding carboxylic acids is 2. The fourth-order valence-corrected chi connectivity index (χ4v) is 4.40. The molecule has 12 nitrogen and oxygen atoms in total. The smallest absolute Gasteiger partial charge is 0.229 e. The Morgan fingerprint density at radius 1 is 0.833 bits per heavy atom. The minimum atomic E-state index is -1.72. The van der Waals surface area contributed by atoms with Gasteiger partial charge in [0, 0.05) is 16.7 Å². The molecular formula is C24H26O12. The molecule has 0 spiro atoms. The van der Waals surface area contributed by atoms with Gasteiger partial charge in [-0.1, -0.05) is 0 Å². The molecule has 0 saturated carbocycles. The lowest BCUT2D eigenvalue weighted by atomic mass is 9.81. The Morgan fingerprint density at radius 2 is 1.44 bits per heavy atom. The Balaban J connectivity index is 1.82. The number of phenols is 1. The summed E-state index contributed by atoms with van der Waals surface area (Å²) in [5.41, 5.74) is -0.593. The Morgan fingerprint density at radius 3 is 2.03 bits per heavy atom. The number of hydrogen-bond acceptors (Lipinski definition) is 12. The quantitative estimate of drug-likeness (QED) is 0.294. The molecule has 2 aromatic carbocycles. The number of hydrogen-bond donors (Lipinski definition) is 5. The van der Waals surface area contributed by atoms with E-state index in [1.807, 2.05) is 0 Å². The fraction of sp³-hybridized carbons (Fsp3) is 0.417. The van der Waals surface area contributed by atoms with Gasteiger partial charge in [-0.3, -0.25) is 9.59 Å². The molecule has 2 aliphatic rings. The minimum Gasteiger partial charge on any atom is -0.507 e. The van der Waals surface area contributed by atoms with Gasteiger partial charge in [0.2, 0.25) is 17.8 Å².